The minimum Gasteiger partial charge on any atom is -0.871 e. The van der Waals surface area contributed by atoms with Gasteiger partial charge < -0.3 is 10.4 Å². The summed E-state index contributed by atoms with van der Waals surface area (Å²) in [7, 11) is 0. The van der Waals surface area contributed by atoms with Crippen LogP contribution in [0, 0.1) is 0 Å². The summed E-state index contributed by atoms with van der Waals surface area (Å²) in [5, 5.41) is 15.1. The van der Waals surface area contributed by atoms with Crippen molar-refractivity contribution in [2.75, 3.05) is 0 Å². The van der Waals surface area contributed by atoms with Crippen molar-refractivity contribution in [2.24, 2.45) is 0 Å². The molecule has 0 aliphatic heterocycles. The molecule has 2 aromatic rings. The number of rotatable bonds is 4. The highest BCUT2D eigenvalue weighted by atomic mass is 35.5. The van der Waals surface area contributed by atoms with Gasteiger partial charge in [0.05, 0.1) is 0 Å². The minimum atomic E-state index is -0.165. The molecule has 0 fully saturated rings. The lowest BCUT2D eigenvalue weighted by molar-refractivity contribution is -0.686. The first kappa shape index (κ1) is 14.5. The third kappa shape index (κ3) is 3.77. The molecular formula is C14H12Cl3NO. The monoisotopic (exact) mass is 315 g/mol. The van der Waals surface area contributed by atoms with Crippen LogP contribution in [0.3, 0.4) is 0 Å². The fourth-order valence-electron chi connectivity index (χ4n) is 1.81. The van der Waals surface area contributed by atoms with Crippen molar-refractivity contribution >= 4 is 34.8 Å². The van der Waals surface area contributed by atoms with Crippen LogP contribution in [-0.2, 0) is 13.1 Å². The van der Waals surface area contributed by atoms with Crippen LogP contribution in [0.4, 0.5) is 0 Å². The Balaban J connectivity index is 2.02. The van der Waals surface area contributed by atoms with Gasteiger partial charge in [0.15, 0.2) is 0 Å². The van der Waals surface area contributed by atoms with Gasteiger partial charge in [-0.25, -0.2) is 0 Å². The van der Waals surface area contributed by atoms with E-state index in [1.807, 2.05) is 29.6 Å². The summed E-state index contributed by atoms with van der Waals surface area (Å²) in [6.07, 6.45) is 0. The van der Waals surface area contributed by atoms with Gasteiger partial charge >= 0.3 is 0 Å². The predicted molar refractivity (Wildman–Crippen MR) is 76.7 cm³/mol. The molecule has 0 saturated carbocycles. The molecule has 2 nitrogen and oxygen atoms in total. The summed E-state index contributed by atoms with van der Waals surface area (Å²) in [6.45, 7) is 1.22. The van der Waals surface area contributed by atoms with E-state index < -0.39 is 0 Å². The van der Waals surface area contributed by atoms with Crippen LogP contribution in [0.5, 0.6) is 5.75 Å². The van der Waals surface area contributed by atoms with Crippen molar-refractivity contribution in [1.82, 2.24) is 0 Å². The van der Waals surface area contributed by atoms with E-state index in [4.69, 9.17) is 34.8 Å². The number of halogens is 3. The molecule has 0 amide bonds. The van der Waals surface area contributed by atoms with Crippen molar-refractivity contribution in [2.45, 2.75) is 13.1 Å². The van der Waals surface area contributed by atoms with E-state index in [2.05, 4.69) is 0 Å². The van der Waals surface area contributed by atoms with E-state index in [1.54, 1.807) is 6.07 Å². The highest BCUT2D eigenvalue weighted by Crippen LogP contribution is 2.28. The highest BCUT2D eigenvalue weighted by Gasteiger charge is 2.05. The summed E-state index contributed by atoms with van der Waals surface area (Å²) >= 11 is 17.8. The zero-order chi connectivity index (χ0) is 13.8. The van der Waals surface area contributed by atoms with Crippen LogP contribution < -0.4 is 10.4 Å². The maximum absolute atomic E-state index is 11.8. The summed E-state index contributed by atoms with van der Waals surface area (Å²) in [5.74, 6) is -0.165. The molecule has 0 spiro atoms. The standard InChI is InChI=1S/C14H12Cl3NO/c15-11-5-10(14(19)13(17)6-11)8-18-7-9-3-1-2-4-12(9)16/h1-6,18-19H,7-8H2. The molecule has 2 aromatic carbocycles. The fourth-order valence-corrected chi connectivity index (χ4v) is 2.56. The molecule has 0 heterocycles. The van der Waals surface area contributed by atoms with Crippen molar-refractivity contribution in [3.63, 3.8) is 0 Å². The van der Waals surface area contributed by atoms with Crippen LogP contribution in [0.15, 0.2) is 36.4 Å². The molecule has 2 N–H and O–H groups in total. The maximum Gasteiger partial charge on any atom is 0.103 e. The Hall–Kier alpha value is -0.930. The Bertz CT molecular complexity index is 587. The highest BCUT2D eigenvalue weighted by molar-refractivity contribution is 6.35. The Morgan fingerprint density at radius 1 is 0.895 bits per heavy atom. The SMILES string of the molecule is [O-]c1c(Cl)cc(Cl)cc1C[NH2+]Cc1ccccc1Cl. The van der Waals surface area contributed by atoms with Crippen molar-refractivity contribution < 1.29 is 10.4 Å². The molecule has 0 aliphatic rings. The largest absolute Gasteiger partial charge is 0.871 e. The molecule has 100 valence electrons. The molecular weight excluding hydrogens is 305 g/mol. The second-order valence-electron chi connectivity index (χ2n) is 4.16. The van der Waals surface area contributed by atoms with Gasteiger partial charge in [0, 0.05) is 26.2 Å². The molecule has 0 saturated heterocycles. The first-order valence-electron chi connectivity index (χ1n) is 5.78. The molecule has 0 aliphatic carbocycles. The molecule has 0 atom stereocenters. The number of quaternary nitrogens is 1. The lowest BCUT2D eigenvalue weighted by Crippen LogP contribution is -2.80. The van der Waals surface area contributed by atoms with Crippen LogP contribution in [-0.4, -0.2) is 0 Å². The first-order valence-corrected chi connectivity index (χ1v) is 6.91. The van der Waals surface area contributed by atoms with E-state index in [-0.39, 0.29) is 10.8 Å². The predicted octanol–water partition coefficient (Wildman–Crippen LogP) is 2.98. The summed E-state index contributed by atoms with van der Waals surface area (Å²) < 4.78 is 0. The molecule has 5 heteroatoms. The second kappa shape index (κ2) is 6.49. The smallest absolute Gasteiger partial charge is 0.103 e. The van der Waals surface area contributed by atoms with Crippen molar-refractivity contribution in [3.05, 3.63) is 62.6 Å². The van der Waals surface area contributed by atoms with E-state index in [9.17, 15) is 5.11 Å². The topological polar surface area (TPSA) is 39.7 Å². The normalized spacial score (nSPS) is 10.7. The van der Waals surface area contributed by atoms with Crippen molar-refractivity contribution in [1.29, 1.82) is 0 Å². The van der Waals surface area contributed by atoms with Gasteiger partial charge in [-0.15, -0.1) is 0 Å². The zero-order valence-electron chi connectivity index (χ0n) is 10.00. The van der Waals surface area contributed by atoms with Gasteiger partial charge in [0.2, 0.25) is 0 Å². The zero-order valence-corrected chi connectivity index (χ0v) is 12.3. The number of hydrogen-bond acceptors (Lipinski definition) is 1. The average molecular weight is 317 g/mol. The van der Waals surface area contributed by atoms with E-state index >= 15 is 0 Å². The average Bonchev–Trinajstić information content (AvgIpc) is 2.37. The summed E-state index contributed by atoms with van der Waals surface area (Å²) in [4.78, 5) is 0. The Labute approximate surface area is 126 Å². The number of hydrogen-bond donors (Lipinski definition) is 1. The Morgan fingerprint density at radius 2 is 1.58 bits per heavy atom. The summed E-state index contributed by atoms with van der Waals surface area (Å²) in [5.41, 5.74) is 1.63. The quantitative estimate of drug-likeness (QED) is 0.925. The molecule has 0 bridgehead atoms. The fraction of sp³-hybridized carbons (Fsp3) is 0.143. The van der Waals surface area contributed by atoms with E-state index in [0.717, 1.165) is 10.6 Å². The maximum atomic E-state index is 11.8. The van der Waals surface area contributed by atoms with Crippen LogP contribution >= 0.6 is 34.8 Å². The van der Waals surface area contributed by atoms with Crippen molar-refractivity contribution in [3.8, 4) is 5.75 Å². The molecule has 0 unspecified atom stereocenters. The van der Waals surface area contributed by atoms with Gasteiger partial charge in [-0.05, 0) is 18.2 Å². The lowest BCUT2D eigenvalue weighted by Gasteiger charge is -2.15. The van der Waals surface area contributed by atoms with Gasteiger partial charge in [0.25, 0.3) is 0 Å². The van der Waals surface area contributed by atoms with Gasteiger partial charge in [0.1, 0.15) is 13.1 Å². The van der Waals surface area contributed by atoms with E-state index in [1.165, 1.54) is 6.07 Å². The number of benzene rings is 2. The number of nitrogens with two attached hydrogens (primary N) is 1. The van der Waals surface area contributed by atoms with Crippen LogP contribution in [0.25, 0.3) is 0 Å². The Kier molecular flexibility index (Phi) is 4.94. The molecule has 2 rings (SSSR count). The second-order valence-corrected chi connectivity index (χ2v) is 5.42. The van der Waals surface area contributed by atoms with Gasteiger partial charge in [-0.3, -0.25) is 0 Å². The van der Waals surface area contributed by atoms with E-state index in [0.29, 0.717) is 23.7 Å². The minimum absolute atomic E-state index is 0.161. The van der Waals surface area contributed by atoms with Crippen LogP contribution in [0.2, 0.25) is 15.1 Å². The Morgan fingerprint density at radius 3 is 2.32 bits per heavy atom. The van der Waals surface area contributed by atoms with Gasteiger partial charge in [-0.1, -0.05) is 58.8 Å². The molecule has 0 radical (unpaired) electrons. The first-order chi connectivity index (χ1) is 9.08. The lowest BCUT2D eigenvalue weighted by atomic mass is 10.2. The van der Waals surface area contributed by atoms with Gasteiger partial charge in [-0.2, -0.15) is 0 Å². The van der Waals surface area contributed by atoms with Crippen LogP contribution in [0.1, 0.15) is 11.1 Å². The molecule has 19 heavy (non-hydrogen) atoms. The third-order valence-electron chi connectivity index (χ3n) is 2.77. The molecule has 0 aromatic heterocycles. The summed E-state index contributed by atoms with van der Waals surface area (Å²) in [6, 6.07) is 10.7. The third-order valence-corrected chi connectivity index (χ3v) is 3.64.